The van der Waals surface area contributed by atoms with Crippen LogP contribution in [0.5, 0.6) is 0 Å². The molecule has 0 unspecified atom stereocenters. The third kappa shape index (κ3) is 2.99. The number of carbonyl (C=O) groups excluding carboxylic acids is 2. The Morgan fingerprint density at radius 1 is 1.00 bits per heavy atom. The molecule has 1 atom stereocenters. The molecule has 3 fully saturated rings. The summed E-state index contributed by atoms with van der Waals surface area (Å²) in [6.07, 6.45) is 11.1. The molecule has 1 N–H and O–H groups in total. The highest BCUT2D eigenvalue weighted by Crippen LogP contribution is 2.29. The second-order valence-corrected chi connectivity index (χ2v) is 6.73. The van der Waals surface area contributed by atoms with Gasteiger partial charge >= 0.3 is 0 Å². The number of nitrogens with zero attached hydrogens (tertiary/aromatic N) is 1. The van der Waals surface area contributed by atoms with Crippen LogP contribution in [0.3, 0.4) is 0 Å². The van der Waals surface area contributed by atoms with Gasteiger partial charge in [0.05, 0.1) is 5.92 Å². The van der Waals surface area contributed by atoms with Gasteiger partial charge in [0.1, 0.15) is 0 Å². The van der Waals surface area contributed by atoms with Crippen molar-refractivity contribution in [2.45, 2.75) is 76.3 Å². The van der Waals surface area contributed by atoms with E-state index < -0.39 is 0 Å². The Morgan fingerprint density at radius 2 is 1.65 bits per heavy atom. The maximum Gasteiger partial charge on any atom is 0.225 e. The van der Waals surface area contributed by atoms with Gasteiger partial charge in [-0.15, -0.1) is 0 Å². The summed E-state index contributed by atoms with van der Waals surface area (Å²) in [4.78, 5) is 26.5. The van der Waals surface area contributed by atoms with E-state index in [9.17, 15) is 9.59 Å². The molecule has 0 aromatic rings. The molecule has 1 saturated heterocycles. The maximum absolute atomic E-state index is 12.3. The smallest absolute Gasteiger partial charge is 0.225 e. The van der Waals surface area contributed by atoms with Gasteiger partial charge in [0.2, 0.25) is 11.8 Å². The quantitative estimate of drug-likeness (QED) is 0.860. The second kappa shape index (κ2) is 6.15. The molecule has 4 heteroatoms. The monoisotopic (exact) mass is 278 g/mol. The third-order valence-electron chi connectivity index (χ3n) is 5.25. The largest absolute Gasteiger partial charge is 0.353 e. The van der Waals surface area contributed by atoms with Crippen molar-refractivity contribution in [2.24, 2.45) is 5.92 Å². The first-order valence-corrected chi connectivity index (χ1v) is 8.34. The van der Waals surface area contributed by atoms with E-state index in [1.165, 1.54) is 32.1 Å². The minimum Gasteiger partial charge on any atom is -0.353 e. The summed E-state index contributed by atoms with van der Waals surface area (Å²) in [6, 6.07) is 0.766. The van der Waals surface area contributed by atoms with Crippen molar-refractivity contribution < 1.29 is 9.59 Å². The number of rotatable bonds is 3. The van der Waals surface area contributed by atoms with Crippen LogP contribution in [0.25, 0.3) is 0 Å². The zero-order valence-corrected chi connectivity index (χ0v) is 12.3. The van der Waals surface area contributed by atoms with Gasteiger partial charge < -0.3 is 10.2 Å². The predicted octanol–water partition coefficient (Wildman–Crippen LogP) is 2.23. The lowest BCUT2D eigenvalue weighted by molar-refractivity contribution is -0.130. The summed E-state index contributed by atoms with van der Waals surface area (Å²) in [5.41, 5.74) is 0. The zero-order chi connectivity index (χ0) is 13.9. The Kier molecular flexibility index (Phi) is 4.27. The van der Waals surface area contributed by atoms with Gasteiger partial charge in [0.25, 0.3) is 0 Å². The molecule has 0 spiro atoms. The molecule has 1 heterocycles. The normalized spacial score (nSPS) is 29.1. The fraction of sp³-hybridized carbons (Fsp3) is 0.875. The molecule has 3 rings (SSSR count). The first-order valence-electron chi connectivity index (χ1n) is 8.34. The molecule has 2 saturated carbocycles. The van der Waals surface area contributed by atoms with Crippen LogP contribution in [0.2, 0.25) is 0 Å². The van der Waals surface area contributed by atoms with Crippen LogP contribution in [0, 0.1) is 5.92 Å². The van der Waals surface area contributed by atoms with Crippen molar-refractivity contribution in [1.29, 1.82) is 0 Å². The topological polar surface area (TPSA) is 49.4 Å². The van der Waals surface area contributed by atoms with E-state index >= 15 is 0 Å². The van der Waals surface area contributed by atoms with E-state index in [-0.39, 0.29) is 17.7 Å². The molecule has 2 amide bonds. The Hall–Kier alpha value is -1.06. The lowest BCUT2D eigenvalue weighted by Crippen LogP contribution is -2.41. The van der Waals surface area contributed by atoms with Crippen molar-refractivity contribution in [1.82, 2.24) is 10.2 Å². The molecule has 0 radical (unpaired) electrons. The molecule has 3 aliphatic rings. The predicted molar refractivity (Wildman–Crippen MR) is 77.1 cm³/mol. The number of carbonyl (C=O) groups is 2. The number of hydrogen-bond acceptors (Lipinski definition) is 2. The van der Waals surface area contributed by atoms with Gasteiger partial charge in [0.15, 0.2) is 0 Å². The van der Waals surface area contributed by atoms with Crippen LogP contribution in [0.15, 0.2) is 0 Å². The van der Waals surface area contributed by atoms with Crippen molar-refractivity contribution in [3.8, 4) is 0 Å². The summed E-state index contributed by atoms with van der Waals surface area (Å²) in [5, 5.41) is 3.15. The van der Waals surface area contributed by atoms with Gasteiger partial charge in [-0.1, -0.05) is 32.1 Å². The average molecular weight is 278 g/mol. The van der Waals surface area contributed by atoms with Crippen LogP contribution in [0.4, 0.5) is 0 Å². The average Bonchev–Trinajstić information content (AvgIpc) is 3.09. The van der Waals surface area contributed by atoms with E-state index in [0.29, 0.717) is 25.0 Å². The van der Waals surface area contributed by atoms with Crippen molar-refractivity contribution >= 4 is 11.8 Å². The standard InChI is InChI=1S/C16H26N2O2/c19-15-10-12(16(20)17-13-6-4-5-7-13)11-18(15)14-8-2-1-3-9-14/h12-14H,1-11H2,(H,17,20)/t12-/m0/s1. The summed E-state index contributed by atoms with van der Waals surface area (Å²) in [5.74, 6) is 0.206. The minimum absolute atomic E-state index is 0.106. The van der Waals surface area contributed by atoms with Crippen LogP contribution in [-0.2, 0) is 9.59 Å². The molecule has 0 bridgehead atoms. The number of amides is 2. The summed E-state index contributed by atoms with van der Waals surface area (Å²) < 4.78 is 0. The molecule has 112 valence electrons. The lowest BCUT2D eigenvalue weighted by atomic mass is 9.94. The van der Waals surface area contributed by atoms with E-state index in [1.807, 2.05) is 4.90 Å². The Balaban J connectivity index is 1.53. The van der Waals surface area contributed by atoms with Gasteiger partial charge in [-0.3, -0.25) is 9.59 Å². The Bertz CT molecular complexity index is 371. The number of nitrogens with one attached hydrogen (secondary N) is 1. The third-order valence-corrected chi connectivity index (χ3v) is 5.25. The van der Waals surface area contributed by atoms with E-state index in [0.717, 1.165) is 25.7 Å². The van der Waals surface area contributed by atoms with Crippen molar-refractivity contribution in [3.63, 3.8) is 0 Å². The molecule has 0 aromatic carbocycles. The summed E-state index contributed by atoms with van der Waals surface area (Å²) in [6.45, 7) is 0.655. The minimum atomic E-state index is -0.106. The highest BCUT2D eigenvalue weighted by molar-refractivity contribution is 5.89. The molecular weight excluding hydrogens is 252 g/mol. The van der Waals surface area contributed by atoms with Gasteiger partial charge in [-0.25, -0.2) is 0 Å². The van der Waals surface area contributed by atoms with E-state index in [2.05, 4.69) is 5.32 Å². The SMILES string of the molecule is O=C(NC1CCCC1)[C@H]1CC(=O)N(C2CCCCC2)C1. The van der Waals surface area contributed by atoms with E-state index in [4.69, 9.17) is 0 Å². The highest BCUT2D eigenvalue weighted by atomic mass is 16.2. The van der Waals surface area contributed by atoms with Gasteiger partial charge in [-0.05, 0) is 25.7 Å². The lowest BCUT2D eigenvalue weighted by Gasteiger charge is -2.31. The first-order chi connectivity index (χ1) is 9.74. The first kappa shape index (κ1) is 13.9. The summed E-state index contributed by atoms with van der Waals surface area (Å²) in [7, 11) is 0. The number of likely N-dealkylation sites (tertiary alicyclic amines) is 1. The molecule has 4 nitrogen and oxygen atoms in total. The molecule has 0 aromatic heterocycles. The van der Waals surface area contributed by atoms with Crippen LogP contribution in [0.1, 0.15) is 64.2 Å². The van der Waals surface area contributed by atoms with Gasteiger partial charge in [0, 0.05) is 25.0 Å². The Labute approximate surface area is 121 Å². The second-order valence-electron chi connectivity index (χ2n) is 6.73. The van der Waals surface area contributed by atoms with Crippen LogP contribution >= 0.6 is 0 Å². The molecule has 2 aliphatic carbocycles. The fourth-order valence-corrected chi connectivity index (χ4v) is 4.04. The highest BCUT2D eigenvalue weighted by Gasteiger charge is 2.38. The van der Waals surface area contributed by atoms with Crippen LogP contribution < -0.4 is 5.32 Å². The fourth-order valence-electron chi connectivity index (χ4n) is 4.04. The molecular formula is C16H26N2O2. The molecule has 1 aliphatic heterocycles. The van der Waals surface area contributed by atoms with Crippen molar-refractivity contribution in [3.05, 3.63) is 0 Å². The summed E-state index contributed by atoms with van der Waals surface area (Å²) >= 11 is 0. The Morgan fingerprint density at radius 3 is 2.35 bits per heavy atom. The van der Waals surface area contributed by atoms with Crippen LogP contribution in [-0.4, -0.2) is 35.3 Å². The molecule has 20 heavy (non-hydrogen) atoms. The van der Waals surface area contributed by atoms with Gasteiger partial charge in [-0.2, -0.15) is 0 Å². The zero-order valence-electron chi connectivity index (χ0n) is 12.3. The van der Waals surface area contributed by atoms with Crippen molar-refractivity contribution in [2.75, 3.05) is 6.54 Å². The number of hydrogen-bond donors (Lipinski definition) is 1. The maximum atomic E-state index is 12.3. The van der Waals surface area contributed by atoms with E-state index in [1.54, 1.807) is 0 Å².